The van der Waals surface area contributed by atoms with Crippen molar-refractivity contribution in [2.24, 2.45) is 0 Å². The standard InChI is InChI=1S/C12H24O5/c1-4-11(14-3)10-15-8-6-7-9-17-12(13)16-5-2/h11H,4-10H2,1-3H3. The summed E-state index contributed by atoms with van der Waals surface area (Å²) in [6.07, 6.45) is 2.16. The molecule has 0 aromatic heterocycles. The van der Waals surface area contributed by atoms with Gasteiger partial charge in [0.25, 0.3) is 0 Å². The molecule has 0 aliphatic rings. The highest BCUT2D eigenvalue weighted by Crippen LogP contribution is 1.99. The number of ether oxygens (including phenoxy) is 4. The van der Waals surface area contributed by atoms with Crippen LogP contribution in [0.4, 0.5) is 4.79 Å². The number of hydrogen-bond donors (Lipinski definition) is 0. The van der Waals surface area contributed by atoms with Crippen molar-refractivity contribution in [1.82, 2.24) is 0 Å². The van der Waals surface area contributed by atoms with Gasteiger partial charge in [0, 0.05) is 13.7 Å². The van der Waals surface area contributed by atoms with Crippen LogP contribution in [0, 0.1) is 0 Å². The molecule has 102 valence electrons. The van der Waals surface area contributed by atoms with E-state index in [9.17, 15) is 4.79 Å². The first-order valence-electron chi connectivity index (χ1n) is 6.14. The summed E-state index contributed by atoms with van der Waals surface area (Å²) in [7, 11) is 1.69. The van der Waals surface area contributed by atoms with Crippen LogP contribution in [-0.4, -0.2) is 45.8 Å². The highest BCUT2D eigenvalue weighted by molar-refractivity contribution is 5.59. The quantitative estimate of drug-likeness (QED) is 0.439. The summed E-state index contributed by atoms with van der Waals surface area (Å²) in [5, 5.41) is 0. The van der Waals surface area contributed by atoms with Gasteiger partial charge in [0.15, 0.2) is 0 Å². The zero-order chi connectivity index (χ0) is 12.9. The molecule has 0 rings (SSSR count). The highest BCUT2D eigenvalue weighted by atomic mass is 16.7. The van der Waals surface area contributed by atoms with Crippen molar-refractivity contribution in [1.29, 1.82) is 0 Å². The second-order valence-electron chi connectivity index (χ2n) is 3.58. The summed E-state index contributed by atoms with van der Waals surface area (Å²) in [5.41, 5.74) is 0. The molecule has 0 spiro atoms. The van der Waals surface area contributed by atoms with E-state index in [1.54, 1.807) is 14.0 Å². The Bertz CT molecular complexity index is 180. The monoisotopic (exact) mass is 248 g/mol. The number of carbonyl (C=O) groups is 1. The summed E-state index contributed by atoms with van der Waals surface area (Å²) in [6.45, 7) is 5.80. The summed E-state index contributed by atoms with van der Waals surface area (Å²) in [6, 6.07) is 0. The normalized spacial score (nSPS) is 12.2. The van der Waals surface area contributed by atoms with Gasteiger partial charge in [-0.2, -0.15) is 0 Å². The predicted octanol–water partition coefficient (Wildman–Crippen LogP) is 2.38. The maximum Gasteiger partial charge on any atom is 0.508 e. The lowest BCUT2D eigenvalue weighted by molar-refractivity contribution is 0.00417. The molecule has 5 heteroatoms. The lowest BCUT2D eigenvalue weighted by Crippen LogP contribution is -2.17. The molecule has 0 saturated heterocycles. The molecular formula is C12H24O5. The van der Waals surface area contributed by atoms with E-state index in [-0.39, 0.29) is 6.10 Å². The first-order chi connectivity index (χ1) is 8.24. The van der Waals surface area contributed by atoms with Crippen LogP contribution in [0.1, 0.15) is 33.1 Å². The maximum atomic E-state index is 10.8. The molecule has 0 aliphatic carbocycles. The Kier molecular flexibility index (Phi) is 11.1. The minimum absolute atomic E-state index is 0.172. The first kappa shape index (κ1) is 16.2. The topological polar surface area (TPSA) is 54.0 Å². The van der Waals surface area contributed by atoms with Gasteiger partial charge in [-0.25, -0.2) is 4.79 Å². The van der Waals surface area contributed by atoms with Crippen LogP contribution in [0.3, 0.4) is 0 Å². The molecule has 0 fully saturated rings. The second-order valence-corrected chi connectivity index (χ2v) is 3.58. The lowest BCUT2D eigenvalue weighted by atomic mass is 10.3. The maximum absolute atomic E-state index is 10.8. The molecule has 0 heterocycles. The molecule has 1 atom stereocenters. The Morgan fingerprint density at radius 3 is 2.41 bits per heavy atom. The van der Waals surface area contributed by atoms with Gasteiger partial charge < -0.3 is 18.9 Å². The van der Waals surface area contributed by atoms with Crippen LogP contribution in [-0.2, 0) is 18.9 Å². The molecule has 0 bridgehead atoms. The Morgan fingerprint density at radius 2 is 1.82 bits per heavy atom. The predicted molar refractivity (Wildman–Crippen MR) is 64.1 cm³/mol. The van der Waals surface area contributed by atoms with E-state index in [0.29, 0.717) is 26.4 Å². The van der Waals surface area contributed by atoms with Crippen molar-refractivity contribution in [3.63, 3.8) is 0 Å². The smallest absolute Gasteiger partial charge is 0.435 e. The number of rotatable bonds is 10. The van der Waals surface area contributed by atoms with Crippen LogP contribution in [0.25, 0.3) is 0 Å². The van der Waals surface area contributed by atoms with Crippen LogP contribution in [0.5, 0.6) is 0 Å². The van der Waals surface area contributed by atoms with Gasteiger partial charge in [0.1, 0.15) is 0 Å². The number of unbranched alkanes of at least 4 members (excludes halogenated alkanes) is 1. The highest BCUT2D eigenvalue weighted by Gasteiger charge is 2.04. The second kappa shape index (κ2) is 11.7. The molecule has 5 nitrogen and oxygen atoms in total. The van der Waals surface area contributed by atoms with Crippen molar-refractivity contribution in [3.8, 4) is 0 Å². The third-order valence-corrected chi connectivity index (χ3v) is 2.26. The zero-order valence-corrected chi connectivity index (χ0v) is 11.1. The van der Waals surface area contributed by atoms with Crippen molar-refractivity contribution in [2.75, 3.05) is 33.5 Å². The Labute approximate surface area is 103 Å². The molecule has 0 N–H and O–H groups in total. The average molecular weight is 248 g/mol. The third kappa shape index (κ3) is 10.1. The molecule has 17 heavy (non-hydrogen) atoms. The molecule has 0 aromatic rings. The summed E-state index contributed by atoms with van der Waals surface area (Å²) in [4.78, 5) is 10.8. The van der Waals surface area contributed by atoms with Gasteiger partial charge in [0.05, 0.1) is 25.9 Å². The fourth-order valence-electron chi connectivity index (χ4n) is 1.19. The molecule has 1 unspecified atom stereocenters. The van der Waals surface area contributed by atoms with Crippen molar-refractivity contribution < 1.29 is 23.7 Å². The van der Waals surface area contributed by atoms with E-state index in [0.717, 1.165) is 19.3 Å². The molecule has 0 aromatic carbocycles. The number of carbonyl (C=O) groups excluding carboxylic acids is 1. The zero-order valence-electron chi connectivity index (χ0n) is 11.1. The summed E-state index contributed by atoms with van der Waals surface area (Å²) >= 11 is 0. The number of hydrogen-bond acceptors (Lipinski definition) is 5. The summed E-state index contributed by atoms with van der Waals surface area (Å²) in [5.74, 6) is 0. The van der Waals surface area contributed by atoms with Gasteiger partial charge in [-0.1, -0.05) is 6.92 Å². The third-order valence-electron chi connectivity index (χ3n) is 2.26. The lowest BCUT2D eigenvalue weighted by Gasteiger charge is -2.12. The first-order valence-corrected chi connectivity index (χ1v) is 6.14. The van der Waals surface area contributed by atoms with Gasteiger partial charge in [0.2, 0.25) is 0 Å². The van der Waals surface area contributed by atoms with E-state index >= 15 is 0 Å². The average Bonchev–Trinajstić information content (AvgIpc) is 2.33. The van der Waals surface area contributed by atoms with E-state index in [1.165, 1.54) is 0 Å². The largest absolute Gasteiger partial charge is 0.508 e. The van der Waals surface area contributed by atoms with Gasteiger partial charge in [-0.3, -0.25) is 0 Å². The molecular weight excluding hydrogens is 224 g/mol. The van der Waals surface area contributed by atoms with Crippen LogP contribution in [0.15, 0.2) is 0 Å². The van der Waals surface area contributed by atoms with Gasteiger partial charge in [-0.15, -0.1) is 0 Å². The fraction of sp³-hybridized carbons (Fsp3) is 0.917. The minimum Gasteiger partial charge on any atom is -0.435 e. The SMILES string of the molecule is CCOC(=O)OCCCCOCC(CC)OC. The molecule has 0 radical (unpaired) electrons. The Morgan fingerprint density at radius 1 is 1.12 bits per heavy atom. The molecule has 0 amide bonds. The Balaban J connectivity index is 3.21. The summed E-state index contributed by atoms with van der Waals surface area (Å²) < 4.78 is 20.0. The molecule has 0 saturated carbocycles. The minimum atomic E-state index is -0.598. The van der Waals surface area contributed by atoms with E-state index in [1.807, 2.05) is 0 Å². The van der Waals surface area contributed by atoms with Crippen molar-refractivity contribution in [3.05, 3.63) is 0 Å². The van der Waals surface area contributed by atoms with Crippen LogP contribution < -0.4 is 0 Å². The fourth-order valence-corrected chi connectivity index (χ4v) is 1.19. The van der Waals surface area contributed by atoms with E-state index in [4.69, 9.17) is 14.2 Å². The molecule has 0 aliphatic heterocycles. The van der Waals surface area contributed by atoms with Gasteiger partial charge >= 0.3 is 6.16 Å². The van der Waals surface area contributed by atoms with E-state index < -0.39 is 6.16 Å². The van der Waals surface area contributed by atoms with E-state index in [2.05, 4.69) is 11.7 Å². The Hall–Kier alpha value is -0.810. The van der Waals surface area contributed by atoms with Gasteiger partial charge in [-0.05, 0) is 26.2 Å². The van der Waals surface area contributed by atoms with Crippen LogP contribution >= 0.6 is 0 Å². The van der Waals surface area contributed by atoms with Crippen molar-refractivity contribution in [2.45, 2.75) is 39.2 Å². The van der Waals surface area contributed by atoms with Crippen molar-refractivity contribution >= 4 is 6.16 Å². The number of methoxy groups -OCH3 is 1. The van der Waals surface area contributed by atoms with Crippen LogP contribution in [0.2, 0.25) is 0 Å².